The lowest BCUT2D eigenvalue weighted by molar-refractivity contribution is -0.119. The van der Waals surface area contributed by atoms with Gasteiger partial charge >= 0.3 is 0 Å². The highest BCUT2D eigenvalue weighted by molar-refractivity contribution is 7.99. The molecule has 1 amide bonds. The molecule has 6 nitrogen and oxygen atoms in total. The molecule has 1 N–H and O–H groups in total. The van der Waals surface area contributed by atoms with Gasteiger partial charge in [-0.25, -0.2) is 4.39 Å². The lowest BCUT2D eigenvalue weighted by atomic mass is 10.1. The molecular formula is C24H25FN4O2S. The van der Waals surface area contributed by atoms with E-state index >= 15 is 0 Å². The van der Waals surface area contributed by atoms with E-state index in [0.717, 1.165) is 5.69 Å². The van der Waals surface area contributed by atoms with Crippen LogP contribution in [0.5, 0.6) is 5.75 Å². The van der Waals surface area contributed by atoms with Gasteiger partial charge in [-0.05, 0) is 61.8 Å². The van der Waals surface area contributed by atoms with E-state index < -0.39 is 5.82 Å². The fraction of sp³-hybridized carbons (Fsp3) is 0.375. The molecule has 166 valence electrons. The first-order valence-electron chi connectivity index (χ1n) is 11.0. The third-order valence-electron chi connectivity index (χ3n) is 5.83. The van der Waals surface area contributed by atoms with E-state index in [1.807, 2.05) is 34.9 Å². The fourth-order valence-corrected chi connectivity index (χ4v) is 4.70. The van der Waals surface area contributed by atoms with Crippen molar-refractivity contribution in [3.63, 3.8) is 0 Å². The number of carbonyl (C=O) groups excluding carboxylic acids is 1. The molecule has 0 saturated heterocycles. The number of para-hydroxylation sites is 2. The number of nitrogens with one attached hydrogen (secondary N) is 1. The Morgan fingerprint density at radius 3 is 2.44 bits per heavy atom. The van der Waals surface area contributed by atoms with Crippen LogP contribution in [0, 0.1) is 17.7 Å². The summed E-state index contributed by atoms with van der Waals surface area (Å²) in [4.78, 5) is 12.6. The Morgan fingerprint density at radius 2 is 1.75 bits per heavy atom. The van der Waals surface area contributed by atoms with E-state index in [2.05, 4.69) is 15.5 Å². The number of aromatic nitrogens is 3. The van der Waals surface area contributed by atoms with Gasteiger partial charge in [0, 0.05) is 11.7 Å². The minimum atomic E-state index is -0.426. The molecule has 0 atom stereocenters. The number of halogens is 1. The predicted molar refractivity (Wildman–Crippen MR) is 120 cm³/mol. The zero-order valence-electron chi connectivity index (χ0n) is 17.6. The SMILES string of the molecule is O=C(CSc1nnc(COc2ccccc2F)n1-c1ccccc1)NC(C1CC1)C1CC1. The molecule has 2 aromatic carbocycles. The van der Waals surface area contributed by atoms with Gasteiger partial charge in [0.1, 0.15) is 6.61 Å². The topological polar surface area (TPSA) is 69.0 Å². The number of ether oxygens (including phenoxy) is 1. The molecule has 0 spiro atoms. The summed E-state index contributed by atoms with van der Waals surface area (Å²) in [5.74, 6) is 1.90. The number of thioether (sulfide) groups is 1. The lowest BCUT2D eigenvalue weighted by Gasteiger charge is -2.17. The Kier molecular flexibility index (Phi) is 6.12. The molecule has 5 rings (SSSR count). The van der Waals surface area contributed by atoms with Crippen molar-refractivity contribution in [1.29, 1.82) is 0 Å². The van der Waals surface area contributed by atoms with Gasteiger partial charge < -0.3 is 10.1 Å². The third kappa shape index (κ3) is 4.96. The molecule has 0 unspecified atom stereocenters. The molecule has 2 fully saturated rings. The minimum absolute atomic E-state index is 0.0329. The summed E-state index contributed by atoms with van der Waals surface area (Å²) in [7, 11) is 0. The highest BCUT2D eigenvalue weighted by atomic mass is 32.2. The van der Waals surface area contributed by atoms with Crippen molar-refractivity contribution in [2.75, 3.05) is 5.75 Å². The maximum Gasteiger partial charge on any atom is 0.230 e. The summed E-state index contributed by atoms with van der Waals surface area (Å²) in [5.41, 5.74) is 0.862. The van der Waals surface area contributed by atoms with Crippen LogP contribution in [-0.4, -0.2) is 32.5 Å². The maximum absolute atomic E-state index is 13.9. The first-order valence-corrected chi connectivity index (χ1v) is 12.0. The van der Waals surface area contributed by atoms with E-state index in [1.54, 1.807) is 18.2 Å². The van der Waals surface area contributed by atoms with Crippen LogP contribution in [0.2, 0.25) is 0 Å². The van der Waals surface area contributed by atoms with E-state index in [4.69, 9.17) is 4.74 Å². The van der Waals surface area contributed by atoms with Crippen LogP contribution in [0.3, 0.4) is 0 Å². The highest BCUT2D eigenvalue weighted by Crippen LogP contribution is 2.44. The monoisotopic (exact) mass is 452 g/mol. The Bertz CT molecular complexity index is 1070. The Hall–Kier alpha value is -2.87. The number of carbonyl (C=O) groups is 1. The average Bonchev–Trinajstić information content (AvgIpc) is 3.74. The van der Waals surface area contributed by atoms with Gasteiger partial charge in [-0.3, -0.25) is 9.36 Å². The molecule has 1 heterocycles. The van der Waals surface area contributed by atoms with Crippen LogP contribution in [0.25, 0.3) is 5.69 Å². The molecule has 2 aliphatic carbocycles. The van der Waals surface area contributed by atoms with Crippen molar-refractivity contribution >= 4 is 17.7 Å². The standard InChI is InChI=1S/C24H25FN4O2S/c25-19-8-4-5-9-20(19)31-14-21-27-28-24(29(21)18-6-2-1-3-7-18)32-15-22(30)26-23(16-10-11-16)17-12-13-17/h1-9,16-17,23H,10-15H2,(H,26,30). The second-order valence-corrected chi connectivity index (χ2v) is 9.29. The van der Waals surface area contributed by atoms with Crippen molar-refractivity contribution in [3.05, 3.63) is 66.2 Å². The highest BCUT2D eigenvalue weighted by Gasteiger charge is 2.42. The largest absolute Gasteiger partial charge is 0.483 e. The third-order valence-corrected chi connectivity index (χ3v) is 6.76. The second kappa shape index (κ2) is 9.32. The van der Waals surface area contributed by atoms with E-state index in [-0.39, 0.29) is 24.0 Å². The summed E-state index contributed by atoms with van der Waals surface area (Å²) in [5, 5.41) is 12.4. The molecule has 3 aromatic rings. The molecule has 8 heteroatoms. The van der Waals surface area contributed by atoms with Crippen LogP contribution in [-0.2, 0) is 11.4 Å². The van der Waals surface area contributed by atoms with E-state index in [0.29, 0.717) is 28.9 Å². The van der Waals surface area contributed by atoms with Gasteiger partial charge in [0.2, 0.25) is 5.91 Å². The smallest absolute Gasteiger partial charge is 0.230 e. The number of rotatable bonds is 10. The van der Waals surface area contributed by atoms with Crippen molar-refractivity contribution < 1.29 is 13.9 Å². The summed E-state index contributed by atoms with van der Waals surface area (Å²) in [6, 6.07) is 16.3. The lowest BCUT2D eigenvalue weighted by Crippen LogP contribution is -2.39. The molecule has 0 bridgehead atoms. The van der Waals surface area contributed by atoms with Crippen LogP contribution in [0.1, 0.15) is 31.5 Å². The van der Waals surface area contributed by atoms with Gasteiger partial charge in [-0.15, -0.1) is 10.2 Å². The van der Waals surface area contributed by atoms with Gasteiger partial charge in [-0.1, -0.05) is 42.1 Å². The summed E-state index contributed by atoms with van der Waals surface area (Å²) in [6.07, 6.45) is 4.90. The maximum atomic E-state index is 13.9. The number of benzene rings is 2. The van der Waals surface area contributed by atoms with Crippen molar-refractivity contribution in [2.24, 2.45) is 11.8 Å². The predicted octanol–water partition coefficient (Wildman–Crippen LogP) is 4.38. The normalized spacial score (nSPS) is 15.7. The van der Waals surface area contributed by atoms with Gasteiger partial charge in [0.25, 0.3) is 0 Å². The summed E-state index contributed by atoms with van der Waals surface area (Å²) < 4.78 is 21.5. The Labute approximate surface area is 190 Å². The number of nitrogens with zero attached hydrogens (tertiary/aromatic N) is 3. The van der Waals surface area contributed by atoms with Gasteiger partial charge in [-0.2, -0.15) is 0 Å². The second-order valence-electron chi connectivity index (χ2n) is 8.35. The molecule has 1 aromatic heterocycles. The van der Waals surface area contributed by atoms with Crippen molar-refractivity contribution in [2.45, 2.75) is 43.5 Å². The van der Waals surface area contributed by atoms with Crippen molar-refractivity contribution in [3.8, 4) is 11.4 Å². The zero-order valence-corrected chi connectivity index (χ0v) is 18.4. The summed E-state index contributed by atoms with van der Waals surface area (Å²) in [6.45, 7) is 0.0566. The van der Waals surface area contributed by atoms with Crippen LogP contribution in [0.15, 0.2) is 59.8 Å². The number of hydrogen-bond donors (Lipinski definition) is 1. The minimum Gasteiger partial charge on any atom is -0.483 e. The molecular weight excluding hydrogens is 427 g/mol. The number of hydrogen-bond acceptors (Lipinski definition) is 5. The molecule has 32 heavy (non-hydrogen) atoms. The van der Waals surface area contributed by atoms with E-state index in [1.165, 1.54) is 43.5 Å². The van der Waals surface area contributed by atoms with Gasteiger partial charge in [0.15, 0.2) is 22.5 Å². The fourth-order valence-electron chi connectivity index (χ4n) is 3.92. The average molecular weight is 453 g/mol. The molecule has 0 aliphatic heterocycles. The molecule has 2 aliphatic rings. The van der Waals surface area contributed by atoms with Crippen LogP contribution >= 0.6 is 11.8 Å². The van der Waals surface area contributed by atoms with E-state index in [9.17, 15) is 9.18 Å². The first-order chi connectivity index (χ1) is 15.7. The Morgan fingerprint density at radius 1 is 1.06 bits per heavy atom. The Balaban J connectivity index is 1.29. The van der Waals surface area contributed by atoms with Gasteiger partial charge in [0.05, 0.1) is 5.75 Å². The first kappa shape index (κ1) is 21.0. The number of amides is 1. The summed E-state index contributed by atoms with van der Waals surface area (Å²) >= 11 is 1.35. The van der Waals surface area contributed by atoms with Crippen LogP contribution in [0.4, 0.5) is 4.39 Å². The van der Waals surface area contributed by atoms with Crippen LogP contribution < -0.4 is 10.1 Å². The quantitative estimate of drug-likeness (QED) is 0.462. The molecule has 2 saturated carbocycles. The molecule has 0 radical (unpaired) electrons. The zero-order chi connectivity index (χ0) is 21.9. The van der Waals surface area contributed by atoms with Crippen molar-refractivity contribution in [1.82, 2.24) is 20.1 Å².